The van der Waals surface area contributed by atoms with Crippen molar-refractivity contribution in [2.45, 2.75) is 12.6 Å². The average Bonchev–Trinajstić information content (AvgIpc) is 2.61. The maximum Gasteiger partial charge on any atom is 0.119 e. The van der Waals surface area contributed by atoms with E-state index in [0.29, 0.717) is 6.61 Å². The van der Waals surface area contributed by atoms with Gasteiger partial charge in [0.1, 0.15) is 12.4 Å². The fraction of sp³-hybridized carbons (Fsp3) is 0.105. The van der Waals surface area contributed by atoms with Gasteiger partial charge in [-0.1, -0.05) is 42.5 Å². The van der Waals surface area contributed by atoms with E-state index in [0.717, 1.165) is 22.4 Å². The zero-order chi connectivity index (χ0) is 15.2. The molecule has 0 aliphatic heterocycles. The monoisotopic (exact) mass is 290 g/mol. The van der Waals surface area contributed by atoms with Gasteiger partial charge >= 0.3 is 0 Å². The standard InChI is InChI=1S/C19H18N2O/c20-19(17-10-12-21-13-11-17)16-6-8-18(9-7-16)22-14-15-4-2-1-3-5-15/h1-13,19H,14,20H2/t19-/m1/s1. The van der Waals surface area contributed by atoms with Crippen molar-refractivity contribution in [3.05, 3.63) is 95.8 Å². The van der Waals surface area contributed by atoms with E-state index in [1.165, 1.54) is 0 Å². The number of aromatic nitrogens is 1. The number of pyridine rings is 1. The highest BCUT2D eigenvalue weighted by molar-refractivity contribution is 5.34. The lowest BCUT2D eigenvalue weighted by atomic mass is 10.0. The Morgan fingerprint density at radius 2 is 1.45 bits per heavy atom. The molecule has 1 aromatic heterocycles. The summed E-state index contributed by atoms with van der Waals surface area (Å²) < 4.78 is 5.78. The van der Waals surface area contributed by atoms with Gasteiger partial charge in [0.15, 0.2) is 0 Å². The van der Waals surface area contributed by atoms with Crippen LogP contribution in [-0.4, -0.2) is 4.98 Å². The molecule has 0 radical (unpaired) electrons. The lowest BCUT2D eigenvalue weighted by molar-refractivity contribution is 0.306. The number of nitrogens with zero attached hydrogens (tertiary/aromatic N) is 1. The van der Waals surface area contributed by atoms with E-state index in [-0.39, 0.29) is 6.04 Å². The van der Waals surface area contributed by atoms with Gasteiger partial charge < -0.3 is 10.5 Å². The van der Waals surface area contributed by atoms with Crippen molar-refractivity contribution in [3.8, 4) is 5.75 Å². The number of rotatable bonds is 5. The Balaban J connectivity index is 1.65. The third-order valence-corrected chi connectivity index (χ3v) is 3.55. The van der Waals surface area contributed by atoms with Crippen LogP contribution in [0.1, 0.15) is 22.7 Å². The van der Waals surface area contributed by atoms with Gasteiger partial charge in [0.2, 0.25) is 0 Å². The van der Waals surface area contributed by atoms with Crippen LogP contribution in [0, 0.1) is 0 Å². The summed E-state index contributed by atoms with van der Waals surface area (Å²) in [6, 6.07) is 21.8. The Bertz CT molecular complexity index is 697. The van der Waals surface area contributed by atoms with Crippen LogP contribution >= 0.6 is 0 Å². The van der Waals surface area contributed by atoms with Crippen LogP contribution in [0.4, 0.5) is 0 Å². The molecule has 1 heterocycles. The van der Waals surface area contributed by atoms with Crippen LogP contribution in [0.3, 0.4) is 0 Å². The maximum absolute atomic E-state index is 6.26. The summed E-state index contributed by atoms with van der Waals surface area (Å²) in [4.78, 5) is 4.01. The number of benzene rings is 2. The molecule has 0 saturated carbocycles. The van der Waals surface area contributed by atoms with Crippen molar-refractivity contribution in [3.63, 3.8) is 0 Å². The molecule has 3 aromatic rings. The molecule has 0 aliphatic carbocycles. The molecule has 110 valence electrons. The molecule has 0 saturated heterocycles. The lowest BCUT2D eigenvalue weighted by Crippen LogP contribution is -2.11. The summed E-state index contributed by atoms with van der Waals surface area (Å²) in [6.45, 7) is 0.566. The normalized spacial score (nSPS) is 11.9. The number of ether oxygens (including phenoxy) is 1. The molecule has 0 bridgehead atoms. The first kappa shape index (κ1) is 14.3. The fourth-order valence-electron chi connectivity index (χ4n) is 2.28. The van der Waals surface area contributed by atoms with Crippen molar-refractivity contribution in [2.75, 3.05) is 0 Å². The summed E-state index contributed by atoms with van der Waals surface area (Å²) in [5.41, 5.74) is 9.52. The van der Waals surface area contributed by atoms with Gasteiger partial charge in [-0.05, 0) is 41.0 Å². The fourth-order valence-corrected chi connectivity index (χ4v) is 2.28. The van der Waals surface area contributed by atoms with E-state index in [1.807, 2.05) is 66.7 Å². The van der Waals surface area contributed by atoms with Crippen LogP contribution in [0.5, 0.6) is 5.75 Å². The van der Waals surface area contributed by atoms with Crippen molar-refractivity contribution in [2.24, 2.45) is 5.73 Å². The summed E-state index contributed by atoms with van der Waals surface area (Å²) >= 11 is 0. The van der Waals surface area contributed by atoms with E-state index in [9.17, 15) is 0 Å². The highest BCUT2D eigenvalue weighted by Crippen LogP contribution is 2.22. The Hall–Kier alpha value is -2.65. The van der Waals surface area contributed by atoms with E-state index < -0.39 is 0 Å². The summed E-state index contributed by atoms with van der Waals surface area (Å²) in [5.74, 6) is 0.842. The predicted octanol–water partition coefficient (Wildman–Crippen LogP) is 3.71. The molecule has 3 nitrogen and oxygen atoms in total. The Morgan fingerprint density at radius 3 is 2.14 bits per heavy atom. The maximum atomic E-state index is 6.26. The topological polar surface area (TPSA) is 48.1 Å². The molecule has 0 fully saturated rings. The van der Waals surface area contributed by atoms with Gasteiger partial charge in [0.05, 0.1) is 6.04 Å². The molecule has 2 N–H and O–H groups in total. The van der Waals surface area contributed by atoms with Gasteiger partial charge in [-0.2, -0.15) is 0 Å². The zero-order valence-electron chi connectivity index (χ0n) is 12.2. The van der Waals surface area contributed by atoms with E-state index in [4.69, 9.17) is 10.5 Å². The number of nitrogens with two attached hydrogens (primary N) is 1. The summed E-state index contributed by atoms with van der Waals surface area (Å²) in [6.07, 6.45) is 3.51. The molecule has 2 aromatic carbocycles. The van der Waals surface area contributed by atoms with E-state index in [1.54, 1.807) is 12.4 Å². The molecule has 0 aliphatic rings. The van der Waals surface area contributed by atoms with Crippen molar-refractivity contribution in [1.82, 2.24) is 4.98 Å². The number of hydrogen-bond acceptors (Lipinski definition) is 3. The van der Waals surface area contributed by atoms with Gasteiger partial charge in [0.25, 0.3) is 0 Å². The quantitative estimate of drug-likeness (QED) is 0.779. The second kappa shape index (κ2) is 6.87. The summed E-state index contributed by atoms with van der Waals surface area (Å²) in [7, 11) is 0. The van der Waals surface area contributed by atoms with Crippen LogP contribution < -0.4 is 10.5 Å². The van der Waals surface area contributed by atoms with Gasteiger partial charge in [-0.3, -0.25) is 4.98 Å². The summed E-state index contributed by atoms with van der Waals surface area (Å²) in [5, 5.41) is 0. The average molecular weight is 290 g/mol. The van der Waals surface area contributed by atoms with E-state index >= 15 is 0 Å². The van der Waals surface area contributed by atoms with Crippen LogP contribution in [0.25, 0.3) is 0 Å². The molecule has 0 amide bonds. The van der Waals surface area contributed by atoms with Crippen LogP contribution in [0.15, 0.2) is 79.1 Å². The Labute approximate surface area is 130 Å². The second-order valence-corrected chi connectivity index (χ2v) is 5.10. The smallest absolute Gasteiger partial charge is 0.119 e. The first-order valence-corrected chi connectivity index (χ1v) is 7.25. The molecule has 22 heavy (non-hydrogen) atoms. The minimum Gasteiger partial charge on any atom is -0.489 e. The minimum absolute atomic E-state index is 0.147. The third kappa shape index (κ3) is 3.51. The number of hydrogen-bond donors (Lipinski definition) is 1. The molecular formula is C19H18N2O. The van der Waals surface area contributed by atoms with Crippen molar-refractivity contribution in [1.29, 1.82) is 0 Å². The molecular weight excluding hydrogens is 272 g/mol. The molecule has 3 heteroatoms. The first-order valence-electron chi connectivity index (χ1n) is 7.25. The van der Waals surface area contributed by atoms with Gasteiger partial charge in [-0.25, -0.2) is 0 Å². The molecule has 1 atom stereocenters. The highest BCUT2D eigenvalue weighted by atomic mass is 16.5. The predicted molar refractivity (Wildman–Crippen MR) is 87.5 cm³/mol. The second-order valence-electron chi connectivity index (χ2n) is 5.10. The third-order valence-electron chi connectivity index (χ3n) is 3.55. The molecule has 0 unspecified atom stereocenters. The largest absolute Gasteiger partial charge is 0.489 e. The molecule has 0 spiro atoms. The van der Waals surface area contributed by atoms with Crippen LogP contribution in [0.2, 0.25) is 0 Å². The Kier molecular flexibility index (Phi) is 4.47. The van der Waals surface area contributed by atoms with E-state index in [2.05, 4.69) is 4.98 Å². The SMILES string of the molecule is N[C@@H](c1ccncc1)c1ccc(OCc2ccccc2)cc1. The van der Waals surface area contributed by atoms with Crippen molar-refractivity contribution < 1.29 is 4.74 Å². The Morgan fingerprint density at radius 1 is 0.818 bits per heavy atom. The minimum atomic E-state index is -0.147. The van der Waals surface area contributed by atoms with Gasteiger partial charge in [-0.15, -0.1) is 0 Å². The first-order chi connectivity index (χ1) is 10.8. The van der Waals surface area contributed by atoms with Crippen LogP contribution in [-0.2, 0) is 6.61 Å². The zero-order valence-corrected chi connectivity index (χ0v) is 12.2. The van der Waals surface area contributed by atoms with Crippen molar-refractivity contribution >= 4 is 0 Å². The van der Waals surface area contributed by atoms with Gasteiger partial charge in [0, 0.05) is 12.4 Å². The lowest BCUT2D eigenvalue weighted by Gasteiger charge is -2.13. The highest BCUT2D eigenvalue weighted by Gasteiger charge is 2.08. The molecule has 3 rings (SSSR count).